The molecule has 6 heteroatoms. The smallest absolute Gasteiger partial charge is 0.333 e. The van der Waals surface area contributed by atoms with Gasteiger partial charge in [-0.05, 0) is 25.7 Å². The van der Waals surface area contributed by atoms with Gasteiger partial charge in [-0.15, -0.1) is 0 Å². The molecule has 0 aliphatic heterocycles. The maximum atomic E-state index is 11.1. The molecule has 0 bridgehead atoms. The fourth-order valence-electron chi connectivity index (χ4n) is 1.09. The van der Waals surface area contributed by atoms with Crippen molar-refractivity contribution in [2.45, 2.75) is 32.4 Å². The van der Waals surface area contributed by atoms with Crippen molar-refractivity contribution >= 4 is 16.1 Å². The molecule has 0 heterocycles. The molecule has 1 radical (unpaired) electrons. The van der Waals surface area contributed by atoms with Crippen LogP contribution in [0.3, 0.4) is 0 Å². The Labute approximate surface area is 103 Å². The van der Waals surface area contributed by atoms with Crippen LogP contribution in [0, 0.1) is 12.3 Å². The molecular formula is C11H19O5S. The number of carbonyl (C=O) groups excluding carboxylic acids is 1. The average molecular weight is 263 g/mol. The van der Waals surface area contributed by atoms with Crippen LogP contribution in [0.2, 0.25) is 0 Å². The molecule has 0 saturated carbocycles. The third-order valence-electron chi connectivity index (χ3n) is 2.56. The normalized spacial score (nSPS) is 14.2. The Kier molecular flexibility index (Phi) is 5.35. The van der Waals surface area contributed by atoms with Gasteiger partial charge in [0.15, 0.2) is 0 Å². The molecule has 0 amide bonds. The second-order valence-corrected chi connectivity index (χ2v) is 6.26. The Morgan fingerprint density at radius 3 is 2.29 bits per heavy atom. The molecular weight excluding hydrogens is 244 g/mol. The molecule has 0 aliphatic rings. The molecule has 17 heavy (non-hydrogen) atoms. The van der Waals surface area contributed by atoms with Crippen molar-refractivity contribution in [1.29, 1.82) is 0 Å². The first-order valence-corrected chi connectivity index (χ1v) is 6.61. The Bertz CT molecular complexity index is 394. The maximum Gasteiger partial charge on any atom is 0.333 e. The zero-order chi connectivity index (χ0) is 13.9. The van der Waals surface area contributed by atoms with E-state index >= 15 is 0 Å². The van der Waals surface area contributed by atoms with Crippen LogP contribution >= 0.6 is 0 Å². The Morgan fingerprint density at radius 1 is 1.47 bits per heavy atom. The van der Waals surface area contributed by atoms with Crippen LogP contribution in [0.1, 0.15) is 27.2 Å². The minimum atomic E-state index is -4.20. The highest BCUT2D eigenvalue weighted by atomic mass is 32.2. The molecule has 0 aromatic heterocycles. The molecule has 0 aromatic rings. The van der Waals surface area contributed by atoms with Gasteiger partial charge in [0.2, 0.25) is 0 Å². The van der Waals surface area contributed by atoms with E-state index in [-0.39, 0.29) is 18.6 Å². The van der Waals surface area contributed by atoms with Crippen molar-refractivity contribution in [3.05, 3.63) is 19.1 Å². The van der Waals surface area contributed by atoms with E-state index in [1.165, 1.54) is 6.92 Å². The standard InChI is InChI=1S/C11H19O5S/c1-8(2)10(12)16-7-6-11(4,5)9(3)17(13,14)15/h9H,1,3,6-7H2,2,4-5H3,(H,13,14,15). The molecule has 0 fully saturated rings. The van der Waals surface area contributed by atoms with E-state index in [1.807, 2.05) is 0 Å². The fraction of sp³-hybridized carbons (Fsp3) is 0.636. The minimum Gasteiger partial charge on any atom is -0.462 e. The summed E-state index contributed by atoms with van der Waals surface area (Å²) in [6.45, 7) is 11.7. The van der Waals surface area contributed by atoms with Crippen LogP contribution in [0.4, 0.5) is 0 Å². The van der Waals surface area contributed by atoms with Crippen LogP contribution < -0.4 is 0 Å². The summed E-state index contributed by atoms with van der Waals surface area (Å²) in [6, 6.07) is 0. The van der Waals surface area contributed by atoms with Gasteiger partial charge in [-0.25, -0.2) is 4.79 Å². The van der Waals surface area contributed by atoms with E-state index < -0.39 is 26.8 Å². The molecule has 0 rings (SSSR count). The predicted molar refractivity (Wildman–Crippen MR) is 64.9 cm³/mol. The van der Waals surface area contributed by atoms with Crippen LogP contribution in [0.25, 0.3) is 0 Å². The number of esters is 1. The summed E-state index contributed by atoms with van der Waals surface area (Å²) in [5.74, 6) is -0.520. The van der Waals surface area contributed by atoms with Crippen LogP contribution in [0.5, 0.6) is 0 Å². The Morgan fingerprint density at radius 2 is 1.94 bits per heavy atom. The van der Waals surface area contributed by atoms with Gasteiger partial charge in [-0.3, -0.25) is 4.55 Å². The van der Waals surface area contributed by atoms with Gasteiger partial charge in [0.05, 0.1) is 11.9 Å². The summed E-state index contributed by atoms with van der Waals surface area (Å²) in [5.41, 5.74) is -0.507. The third kappa shape index (κ3) is 5.32. The van der Waals surface area contributed by atoms with Crippen LogP contribution in [-0.4, -0.2) is 30.8 Å². The SMILES string of the molecule is [CH2]C(C(C)(C)CCOC(=O)C(=C)C)S(=O)(=O)O. The van der Waals surface area contributed by atoms with E-state index in [0.29, 0.717) is 0 Å². The van der Waals surface area contributed by atoms with E-state index in [1.54, 1.807) is 13.8 Å². The van der Waals surface area contributed by atoms with Gasteiger partial charge in [-0.1, -0.05) is 20.4 Å². The van der Waals surface area contributed by atoms with E-state index in [2.05, 4.69) is 13.5 Å². The lowest BCUT2D eigenvalue weighted by atomic mass is 9.86. The zero-order valence-corrected chi connectivity index (χ0v) is 11.2. The summed E-state index contributed by atoms with van der Waals surface area (Å²) in [4.78, 5) is 11.1. The maximum absolute atomic E-state index is 11.1. The summed E-state index contributed by atoms with van der Waals surface area (Å²) in [7, 11) is -4.20. The lowest BCUT2D eigenvalue weighted by Gasteiger charge is -2.29. The van der Waals surface area contributed by atoms with E-state index in [9.17, 15) is 13.2 Å². The van der Waals surface area contributed by atoms with Crippen molar-refractivity contribution in [2.75, 3.05) is 6.61 Å². The topological polar surface area (TPSA) is 80.7 Å². The van der Waals surface area contributed by atoms with Crippen molar-refractivity contribution in [1.82, 2.24) is 0 Å². The highest BCUT2D eigenvalue weighted by Crippen LogP contribution is 2.29. The van der Waals surface area contributed by atoms with Crippen molar-refractivity contribution < 1.29 is 22.5 Å². The highest BCUT2D eigenvalue weighted by molar-refractivity contribution is 7.86. The molecule has 1 atom stereocenters. The summed E-state index contributed by atoms with van der Waals surface area (Å²) in [5, 5.41) is -1.17. The Hall–Kier alpha value is -0.880. The summed E-state index contributed by atoms with van der Waals surface area (Å²) < 4.78 is 35.7. The highest BCUT2D eigenvalue weighted by Gasteiger charge is 2.34. The number of ether oxygens (including phenoxy) is 1. The van der Waals surface area contributed by atoms with Gasteiger partial charge in [0, 0.05) is 5.57 Å². The fourth-order valence-corrected chi connectivity index (χ4v) is 2.02. The summed E-state index contributed by atoms with van der Waals surface area (Å²) in [6.07, 6.45) is 0.278. The van der Waals surface area contributed by atoms with Crippen LogP contribution in [-0.2, 0) is 19.6 Å². The Balaban J connectivity index is 4.38. The monoisotopic (exact) mass is 263 g/mol. The van der Waals surface area contributed by atoms with E-state index in [0.717, 1.165) is 0 Å². The average Bonchev–Trinajstić information content (AvgIpc) is 2.14. The minimum absolute atomic E-state index is 0.0558. The first-order chi connectivity index (χ1) is 7.48. The van der Waals surface area contributed by atoms with Crippen molar-refractivity contribution in [3.8, 4) is 0 Å². The molecule has 1 unspecified atom stereocenters. The second-order valence-electron chi connectivity index (χ2n) is 4.66. The second kappa shape index (κ2) is 5.64. The number of rotatable bonds is 6. The van der Waals surface area contributed by atoms with Gasteiger partial charge in [0.1, 0.15) is 0 Å². The van der Waals surface area contributed by atoms with Crippen molar-refractivity contribution in [2.24, 2.45) is 5.41 Å². The van der Waals surface area contributed by atoms with E-state index in [4.69, 9.17) is 9.29 Å². The lowest BCUT2D eigenvalue weighted by Crippen LogP contribution is -2.35. The quantitative estimate of drug-likeness (QED) is 0.447. The van der Waals surface area contributed by atoms with Crippen LogP contribution in [0.15, 0.2) is 12.2 Å². The molecule has 1 N–H and O–H groups in total. The number of hydrogen-bond donors (Lipinski definition) is 1. The van der Waals surface area contributed by atoms with Gasteiger partial charge < -0.3 is 4.74 Å². The molecule has 0 spiro atoms. The molecule has 0 saturated heterocycles. The number of hydrogen-bond acceptors (Lipinski definition) is 4. The largest absolute Gasteiger partial charge is 0.462 e. The number of carbonyl (C=O) groups is 1. The first kappa shape index (κ1) is 16.1. The van der Waals surface area contributed by atoms with Crippen molar-refractivity contribution in [3.63, 3.8) is 0 Å². The molecule has 0 aliphatic carbocycles. The molecule has 99 valence electrons. The first-order valence-electron chi connectivity index (χ1n) is 5.10. The molecule has 5 nitrogen and oxygen atoms in total. The summed E-state index contributed by atoms with van der Waals surface area (Å²) >= 11 is 0. The zero-order valence-electron chi connectivity index (χ0n) is 10.4. The third-order valence-corrected chi connectivity index (χ3v) is 3.92. The van der Waals surface area contributed by atoms with Gasteiger partial charge in [0.25, 0.3) is 10.1 Å². The molecule has 0 aromatic carbocycles. The van der Waals surface area contributed by atoms with Gasteiger partial charge >= 0.3 is 5.97 Å². The predicted octanol–water partition coefficient (Wildman–Crippen LogP) is 1.61. The lowest BCUT2D eigenvalue weighted by molar-refractivity contribution is -0.139. The van der Waals surface area contributed by atoms with Gasteiger partial charge in [-0.2, -0.15) is 8.42 Å².